The van der Waals surface area contributed by atoms with Crippen LogP contribution in [0.5, 0.6) is 11.5 Å². The van der Waals surface area contributed by atoms with E-state index in [9.17, 15) is 9.59 Å². The van der Waals surface area contributed by atoms with Crippen LogP contribution in [0.25, 0.3) is 6.08 Å². The van der Waals surface area contributed by atoms with E-state index in [0.29, 0.717) is 23.7 Å². The molecule has 1 N–H and O–H groups in total. The third-order valence-electron chi connectivity index (χ3n) is 3.17. The highest BCUT2D eigenvalue weighted by molar-refractivity contribution is 6.07. The Bertz CT molecular complexity index is 792. The fourth-order valence-electron chi connectivity index (χ4n) is 2.04. The third-order valence-corrected chi connectivity index (χ3v) is 3.17. The van der Waals surface area contributed by atoms with Gasteiger partial charge in [-0.05, 0) is 30.4 Å². The van der Waals surface area contributed by atoms with Crippen molar-refractivity contribution in [3.05, 3.63) is 78.4 Å². The fourth-order valence-corrected chi connectivity index (χ4v) is 2.04. The number of ether oxygens (including phenoxy) is 2. The number of carbonyl (C=O) groups is 2. The van der Waals surface area contributed by atoms with Crippen molar-refractivity contribution < 1.29 is 24.2 Å². The van der Waals surface area contributed by atoms with E-state index >= 15 is 0 Å². The zero-order chi connectivity index (χ0) is 18.1. The van der Waals surface area contributed by atoms with E-state index in [0.717, 1.165) is 5.56 Å². The van der Waals surface area contributed by atoms with Crippen molar-refractivity contribution in [3.63, 3.8) is 0 Å². The summed E-state index contributed by atoms with van der Waals surface area (Å²) in [5.74, 6) is -0.312. The molecule has 0 aliphatic rings. The minimum Gasteiger partial charge on any atom is -0.489 e. The molecule has 2 rings (SSSR count). The molecule has 0 bridgehead atoms. The molecule has 0 aliphatic carbocycles. The Kier molecular flexibility index (Phi) is 6.54. The molecule has 128 valence electrons. The van der Waals surface area contributed by atoms with E-state index in [1.165, 1.54) is 12.1 Å². The zero-order valence-electron chi connectivity index (χ0n) is 13.6. The molecule has 2 aromatic carbocycles. The summed E-state index contributed by atoms with van der Waals surface area (Å²) in [4.78, 5) is 22.9. The summed E-state index contributed by atoms with van der Waals surface area (Å²) in [6, 6.07) is 13.7. The molecule has 2 aromatic rings. The second-order valence-corrected chi connectivity index (χ2v) is 5.05. The quantitative estimate of drug-likeness (QED) is 0.429. The topological polar surface area (TPSA) is 72.8 Å². The molecule has 0 radical (unpaired) electrons. The molecule has 0 unspecified atom stereocenters. The number of hydrogen-bond donors (Lipinski definition) is 1. The van der Waals surface area contributed by atoms with Crippen molar-refractivity contribution in [2.75, 3.05) is 13.2 Å². The summed E-state index contributed by atoms with van der Waals surface area (Å²) in [6.45, 7) is 3.53. The molecule has 0 spiro atoms. The van der Waals surface area contributed by atoms with E-state index < -0.39 is 12.6 Å². The lowest BCUT2D eigenvalue weighted by Crippen LogP contribution is -2.09. The number of carboxylic acid groups (broad SMARTS) is 1. The predicted molar refractivity (Wildman–Crippen MR) is 95.1 cm³/mol. The van der Waals surface area contributed by atoms with Gasteiger partial charge in [-0.3, -0.25) is 4.79 Å². The summed E-state index contributed by atoms with van der Waals surface area (Å²) >= 11 is 0. The van der Waals surface area contributed by atoms with Crippen LogP contribution in [0.4, 0.5) is 0 Å². The van der Waals surface area contributed by atoms with Crippen molar-refractivity contribution in [2.24, 2.45) is 0 Å². The van der Waals surface area contributed by atoms with Gasteiger partial charge in [-0.2, -0.15) is 0 Å². The van der Waals surface area contributed by atoms with Gasteiger partial charge in [0, 0.05) is 11.1 Å². The van der Waals surface area contributed by atoms with Gasteiger partial charge in [-0.1, -0.05) is 43.0 Å². The lowest BCUT2D eigenvalue weighted by Gasteiger charge is -2.06. The average molecular weight is 338 g/mol. The number of aliphatic carboxylic acids is 1. The second-order valence-electron chi connectivity index (χ2n) is 5.05. The Morgan fingerprint density at radius 2 is 1.88 bits per heavy atom. The van der Waals surface area contributed by atoms with Gasteiger partial charge in [0.25, 0.3) is 0 Å². The van der Waals surface area contributed by atoms with Gasteiger partial charge < -0.3 is 14.6 Å². The van der Waals surface area contributed by atoms with Gasteiger partial charge in [0.1, 0.15) is 18.1 Å². The SMILES string of the molecule is C=CCOc1ccccc1/C=C/C(=O)c1cccc(OCC(=O)O)c1. The van der Waals surface area contributed by atoms with E-state index in [1.54, 1.807) is 30.4 Å². The van der Waals surface area contributed by atoms with Crippen molar-refractivity contribution in [3.8, 4) is 11.5 Å². The first-order valence-corrected chi connectivity index (χ1v) is 7.60. The molecule has 0 aromatic heterocycles. The summed E-state index contributed by atoms with van der Waals surface area (Å²) < 4.78 is 10.6. The van der Waals surface area contributed by atoms with E-state index in [1.807, 2.05) is 24.3 Å². The number of allylic oxidation sites excluding steroid dienone is 1. The summed E-state index contributed by atoms with van der Waals surface area (Å²) in [5, 5.41) is 8.63. The number of hydrogen-bond acceptors (Lipinski definition) is 4. The van der Waals surface area contributed by atoms with Crippen LogP contribution in [0.15, 0.2) is 67.3 Å². The number of para-hydroxylation sites is 1. The molecule has 5 heteroatoms. The van der Waals surface area contributed by atoms with Gasteiger partial charge in [-0.25, -0.2) is 4.79 Å². The predicted octanol–water partition coefficient (Wildman–Crippen LogP) is 3.61. The summed E-state index contributed by atoms with van der Waals surface area (Å²) in [7, 11) is 0. The lowest BCUT2D eigenvalue weighted by atomic mass is 10.1. The first-order chi connectivity index (χ1) is 12.1. The summed E-state index contributed by atoms with van der Waals surface area (Å²) in [6.07, 6.45) is 4.76. The minimum absolute atomic E-state index is 0.223. The maximum Gasteiger partial charge on any atom is 0.341 e. The number of rotatable bonds is 9. The Hall–Kier alpha value is -3.34. The van der Waals surface area contributed by atoms with Crippen LogP contribution in [0, 0.1) is 0 Å². The van der Waals surface area contributed by atoms with Crippen molar-refractivity contribution >= 4 is 17.8 Å². The van der Waals surface area contributed by atoms with Crippen LogP contribution in [-0.2, 0) is 4.79 Å². The Labute approximate surface area is 145 Å². The number of benzene rings is 2. The Balaban J connectivity index is 2.11. The molecule has 0 atom stereocenters. The molecule has 0 fully saturated rings. The van der Waals surface area contributed by atoms with Crippen molar-refractivity contribution in [2.45, 2.75) is 0 Å². The standard InChI is InChI=1S/C20H18O5/c1-2-12-24-19-9-4-3-6-15(19)10-11-18(21)16-7-5-8-17(13-16)25-14-20(22)23/h2-11,13H,1,12,14H2,(H,22,23)/b11-10+. The normalized spacial score (nSPS) is 10.4. The van der Waals surface area contributed by atoms with Crippen molar-refractivity contribution in [1.82, 2.24) is 0 Å². The van der Waals surface area contributed by atoms with Crippen LogP contribution in [0.1, 0.15) is 15.9 Å². The van der Waals surface area contributed by atoms with Gasteiger partial charge >= 0.3 is 5.97 Å². The minimum atomic E-state index is -1.08. The number of ketones is 1. The number of carbonyl (C=O) groups excluding carboxylic acids is 1. The Morgan fingerprint density at radius 3 is 2.64 bits per heavy atom. The molecular weight excluding hydrogens is 320 g/mol. The van der Waals surface area contributed by atoms with Gasteiger partial charge in [0.15, 0.2) is 12.4 Å². The average Bonchev–Trinajstić information content (AvgIpc) is 2.63. The van der Waals surface area contributed by atoms with E-state index in [-0.39, 0.29) is 5.78 Å². The van der Waals surface area contributed by atoms with Crippen LogP contribution in [0.3, 0.4) is 0 Å². The molecule has 0 heterocycles. The van der Waals surface area contributed by atoms with E-state index in [2.05, 4.69) is 6.58 Å². The van der Waals surface area contributed by atoms with Crippen molar-refractivity contribution in [1.29, 1.82) is 0 Å². The van der Waals surface area contributed by atoms with Crippen LogP contribution in [-0.4, -0.2) is 30.1 Å². The largest absolute Gasteiger partial charge is 0.489 e. The van der Waals surface area contributed by atoms with Crippen LogP contribution >= 0.6 is 0 Å². The highest BCUT2D eigenvalue weighted by Gasteiger charge is 2.06. The molecule has 5 nitrogen and oxygen atoms in total. The van der Waals surface area contributed by atoms with E-state index in [4.69, 9.17) is 14.6 Å². The van der Waals surface area contributed by atoms with Gasteiger partial charge in [-0.15, -0.1) is 0 Å². The second kappa shape index (κ2) is 9.08. The van der Waals surface area contributed by atoms with Gasteiger partial charge in [0.05, 0.1) is 0 Å². The fraction of sp³-hybridized carbons (Fsp3) is 0.100. The van der Waals surface area contributed by atoms with Crippen LogP contribution < -0.4 is 9.47 Å². The first kappa shape index (κ1) is 18.0. The molecule has 0 saturated carbocycles. The molecule has 0 aliphatic heterocycles. The molecular formula is C20H18O5. The third kappa shape index (κ3) is 5.66. The molecule has 0 amide bonds. The first-order valence-electron chi connectivity index (χ1n) is 7.60. The lowest BCUT2D eigenvalue weighted by molar-refractivity contribution is -0.139. The number of carboxylic acids is 1. The zero-order valence-corrected chi connectivity index (χ0v) is 13.6. The maximum absolute atomic E-state index is 12.3. The highest BCUT2D eigenvalue weighted by atomic mass is 16.5. The maximum atomic E-state index is 12.3. The Morgan fingerprint density at radius 1 is 1.08 bits per heavy atom. The smallest absolute Gasteiger partial charge is 0.341 e. The van der Waals surface area contributed by atoms with Gasteiger partial charge in [0.2, 0.25) is 0 Å². The highest BCUT2D eigenvalue weighted by Crippen LogP contribution is 2.20. The molecule has 25 heavy (non-hydrogen) atoms. The van der Waals surface area contributed by atoms with Crippen LogP contribution in [0.2, 0.25) is 0 Å². The molecule has 0 saturated heterocycles. The summed E-state index contributed by atoms with van der Waals surface area (Å²) in [5.41, 5.74) is 1.18. The monoisotopic (exact) mass is 338 g/mol.